The van der Waals surface area contributed by atoms with Crippen molar-refractivity contribution in [3.05, 3.63) is 0 Å². The van der Waals surface area contributed by atoms with Gasteiger partial charge >= 0.3 is 5.97 Å². The van der Waals surface area contributed by atoms with E-state index < -0.39 is 84.3 Å². The van der Waals surface area contributed by atoms with Crippen molar-refractivity contribution < 1.29 is 44.1 Å². The number of aliphatic carboxylic acids is 1. The van der Waals surface area contributed by atoms with E-state index in [9.17, 15) is 44.1 Å². The van der Waals surface area contributed by atoms with Gasteiger partial charge in [-0.3, -0.25) is 24.0 Å². The highest BCUT2D eigenvalue weighted by Crippen LogP contribution is 2.19. The fourth-order valence-corrected chi connectivity index (χ4v) is 3.99. The molecule has 0 bridgehead atoms. The SMILES string of the molecule is CC(C)C[C@H](NC(=O)[C@@H](NC(=O)[C@@H]1CCCN1C(=O)[C@@H](N)[C@@H](C)O)[C@@H](C)O)C(=O)N[C@@H](CC(N)=O)C(=O)O. The molecule has 5 amide bonds. The molecule has 0 aromatic carbocycles. The Labute approximate surface area is 220 Å². The van der Waals surface area contributed by atoms with Crippen molar-refractivity contribution in [2.75, 3.05) is 6.54 Å². The van der Waals surface area contributed by atoms with E-state index in [1.807, 2.05) is 0 Å². The van der Waals surface area contributed by atoms with Gasteiger partial charge < -0.3 is 47.6 Å². The lowest BCUT2D eigenvalue weighted by atomic mass is 10.0. The Balaban J connectivity index is 3.03. The number of nitrogens with two attached hydrogens (primary N) is 2. The van der Waals surface area contributed by atoms with E-state index in [0.717, 1.165) is 0 Å². The highest BCUT2D eigenvalue weighted by atomic mass is 16.4. The monoisotopic (exact) mass is 544 g/mol. The largest absolute Gasteiger partial charge is 0.480 e. The lowest BCUT2D eigenvalue weighted by Crippen LogP contribution is -2.61. The fourth-order valence-electron chi connectivity index (χ4n) is 3.99. The number of hydrogen-bond donors (Lipinski definition) is 8. The Morgan fingerprint density at radius 3 is 1.97 bits per heavy atom. The summed E-state index contributed by atoms with van der Waals surface area (Å²) in [7, 11) is 0. The summed E-state index contributed by atoms with van der Waals surface area (Å²) in [4.78, 5) is 75.2. The molecule has 1 aliphatic heterocycles. The molecule has 10 N–H and O–H groups in total. The van der Waals surface area contributed by atoms with Crippen LogP contribution in [0.2, 0.25) is 0 Å². The molecule has 0 radical (unpaired) electrons. The topological polar surface area (TPSA) is 254 Å². The quantitative estimate of drug-likeness (QED) is 0.107. The number of primary amides is 1. The third kappa shape index (κ3) is 9.54. The lowest BCUT2D eigenvalue weighted by molar-refractivity contribution is -0.144. The molecule has 7 atom stereocenters. The zero-order chi connectivity index (χ0) is 29.3. The molecular weight excluding hydrogens is 504 g/mol. The highest BCUT2D eigenvalue weighted by molar-refractivity contribution is 5.96. The third-order valence-corrected chi connectivity index (χ3v) is 6.07. The van der Waals surface area contributed by atoms with E-state index in [1.165, 1.54) is 18.7 Å². The Kier molecular flexibility index (Phi) is 12.6. The summed E-state index contributed by atoms with van der Waals surface area (Å²) in [6.45, 7) is 6.31. The molecule has 216 valence electrons. The Bertz CT molecular complexity index is 895. The molecular formula is C23H40N6O9. The van der Waals surface area contributed by atoms with Crippen LogP contribution in [0.4, 0.5) is 0 Å². The van der Waals surface area contributed by atoms with E-state index in [0.29, 0.717) is 6.42 Å². The average Bonchev–Trinajstić information content (AvgIpc) is 3.29. The van der Waals surface area contributed by atoms with Gasteiger partial charge in [0, 0.05) is 6.54 Å². The molecule has 15 nitrogen and oxygen atoms in total. The van der Waals surface area contributed by atoms with Gasteiger partial charge in [0.25, 0.3) is 0 Å². The summed E-state index contributed by atoms with van der Waals surface area (Å²) in [5, 5.41) is 36.1. The molecule has 1 rings (SSSR count). The second-order valence-electron chi connectivity index (χ2n) is 9.94. The number of carboxylic acids is 1. The van der Waals surface area contributed by atoms with Crippen LogP contribution in [0.1, 0.15) is 53.4 Å². The second-order valence-corrected chi connectivity index (χ2v) is 9.94. The Hall–Kier alpha value is -3.30. The number of hydrogen-bond acceptors (Lipinski definition) is 9. The fraction of sp³-hybridized carbons (Fsp3) is 0.739. The van der Waals surface area contributed by atoms with E-state index in [4.69, 9.17) is 11.5 Å². The summed E-state index contributed by atoms with van der Waals surface area (Å²) in [5.41, 5.74) is 10.8. The number of aliphatic hydroxyl groups is 2. The predicted octanol–water partition coefficient (Wildman–Crippen LogP) is -3.47. The molecule has 1 saturated heterocycles. The normalized spacial score (nSPS) is 20.0. The van der Waals surface area contributed by atoms with Crippen molar-refractivity contribution in [1.29, 1.82) is 0 Å². The van der Waals surface area contributed by atoms with Gasteiger partial charge in [-0.05, 0) is 39.0 Å². The molecule has 0 unspecified atom stereocenters. The minimum Gasteiger partial charge on any atom is -0.480 e. The van der Waals surface area contributed by atoms with Crippen LogP contribution in [0.15, 0.2) is 0 Å². The minimum atomic E-state index is -1.61. The molecule has 15 heteroatoms. The number of rotatable bonds is 14. The summed E-state index contributed by atoms with van der Waals surface area (Å²) in [6, 6.07) is -6.62. The maximum atomic E-state index is 13.1. The van der Waals surface area contributed by atoms with E-state index in [-0.39, 0.29) is 25.3 Å². The van der Waals surface area contributed by atoms with E-state index in [2.05, 4.69) is 16.0 Å². The molecule has 0 spiro atoms. The van der Waals surface area contributed by atoms with Crippen molar-refractivity contribution in [2.24, 2.45) is 17.4 Å². The first kappa shape index (κ1) is 32.7. The number of carbonyl (C=O) groups is 6. The first-order valence-electron chi connectivity index (χ1n) is 12.4. The predicted molar refractivity (Wildman–Crippen MR) is 133 cm³/mol. The van der Waals surface area contributed by atoms with Crippen molar-refractivity contribution in [1.82, 2.24) is 20.9 Å². The average molecular weight is 545 g/mol. The first-order valence-corrected chi connectivity index (χ1v) is 12.4. The highest BCUT2D eigenvalue weighted by Gasteiger charge is 2.39. The van der Waals surface area contributed by atoms with Gasteiger partial charge in [-0.15, -0.1) is 0 Å². The third-order valence-electron chi connectivity index (χ3n) is 6.07. The van der Waals surface area contributed by atoms with Crippen LogP contribution < -0.4 is 27.4 Å². The summed E-state index contributed by atoms with van der Waals surface area (Å²) < 4.78 is 0. The molecule has 0 saturated carbocycles. The van der Waals surface area contributed by atoms with Crippen LogP contribution in [0.25, 0.3) is 0 Å². The van der Waals surface area contributed by atoms with Gasteiger partial charge in [0.15, 0.2) is 0 Å². The number of carboxylic acid groups (broad SMARTS) is 1. The Morgan fingerprint density at radius 1 is 0.921 bits per heavy atom. The van der Waals surface area contributed by atoms with Crippen molar-refractivity contribution in [3.8, 4) is 0 Å². The first-order chi connectivity index (χ1) is 17.6. The smallest absolute Gasteiger partial charge is 0.326 e. The number of nitrogens with zero attached hydrogens (tertiary/aromatic N) is 1. The molecule has 38 heavy (non-hydrogen) atoms. The van der Waals surface area contributed by atoms with Crippen molar-refractivity contribution in [2.45, 2.75) is 95.8 Å². The zero-order valence-electron chi connectivity index (χ0n) is 22.0. The summed E-state index contributed by atoms with van der Waals surface area (Å²) in [6.07, 6.45) is -2.39. The number of likely N-dealkylation sites (tertiary alicyclic amines) is 1. The van der Waals surface area contributed by atoms with Gasteiger partial charge in [0.2, 0.25) is 29.5 Å². The van der Waals surface area contributed by atoms with Gasteiger partial charge in [-0.2, -0.15) is 0 Å². The van der Waals surface area contributed by atoms with Gasteiger partial charge in [-0.25, -0.2) is 4.79 Å². The molecule has 0 aromatic heterocycles. The van der Waals surface area contributed by atoms with Crippen molar-refractivity contribution >= 4 is 35.5 Å². The Morgan fingerprint density at radius 2 is 1.50 bits per heavy atom. The maximum Gasteiger partial charge on any atom is 0.326 e. The minimum absolute atomic E-state index is 0.0725. The summed E-state index contributed by atoms with van der Waals surface area (Å²) in [5.74, 6) is -5.76. The number of carbonyl (C=O) groups excluding carboxylic acids is 5. The van der Waals surface area contributed by atoms with Crippen LogP contribution in [-0.4, -0.2) is 105 Å². The van der Waals surface area contributed by atoms with Crippen LogP contribution in [0, 0.1) is 5.92 Å². The van der Waals surface area contributed by atoms with Gasteiger partial charge in [0.1, 0.15) is 30.2 Å². The van der Waals surface area contributed by atoms with Crippen LogP contribution in [-0.2, 0) is 28.8 Å². The van der Waals surface area contributed by atoms with Crippen LogP contribution in [0.5, 0.6) is 0 Å². The number of aliphatic hydroxyl groups excluding tert-OH is 2. The molecule has 1 fully saturated rings. The molecule has 1 aliphatic rings. The van der Waals surface area contributed by atoms with Crippen molar-refractivity contribution in [3.63, 3.8) is 0 Å². The van der Waals surface area contributed by atoms with E-state index in [1.54, 1.807) is 13.8 Å². The number of nitrogens with one attached hydrogen (secondary N) is 3. The van der Waals surface area contributed by atoms with E-state index >= 15 is 0 Å². The summed E-state index contributed by atoms with van der Waals surface area (Å²) >= 11 is 0. The maximum absolute atomic E-state index is 13.1. The zero-order valence-corrected chi connectivity index (χ0v) is 22.0. The van der Waals surface area contributed by atoms with Crippen LogP contribution >= 0.6 is 0 Å². The standard InChI is InChI=1S/C23H40N6O9/c1-10(2)8-13(19(33)27-14(23(37)38)9-16(24)32)26-21(35)18(12(4)31)28-20(34)15-6-5-7-29(15)22(36)17(25)11(3)30/h10-15,17-18,30-31H,5-9,25H2,1-4H3,(H2,24,32)(H,26,35)(H,27,33)(H,28,34)(H,37,38)/t11-,12-,13+,14+,15+,17+,18+/m1/s1. The molecule has 0 aliphatic carbocycles. The lowest BCUT2D eigenvalue weighted by Gasteiger charge is -2.30. The number of amides is 5. The van der Waals surface area contributed by atoms with Crippen LogP contribution in [0.3, 0.4) is 0 Å². The molecule has 0 aromatic rings. The molecule has 1 heterocycles. The van der Waals surface area contributed by atoms with Gasteiger partial charge in [-0.1, -0.05) is 13.8 Å². The second kappa shape index (κ2) is 14.6. The van der Waals surface area contributed by atoms with Gasteiger partial charge in [0.05, 0.1) is 18.6 Å².